The van der Waals surface area contributed by atoms with Gasteiger partial charge >= 0.3 is 0 Å². The molecular formula is C14H22N4. The Morgan fingerprint density at radius 3 is 2.94 bits per heavy atom. The van der Waals surface area contributed by atoms with E-state index in [-0.39, 0.29) is 0 Å². The van der Waals surface area contributed by atoms with Crippen LogP contribution >= 0.6 is 0 Å². The molecule has 0 aliphatic rings. The normalized spacial score (nSPS) is 10.3. The van der Waals surface area contributed by atoms with E-state index in [0.29, 0.717) is 6.42 Å². The summed E-state index contributed by atoms with van der Waals surface area (Å²) < 4.78 is 0. The van der Waals surface area contributed by atoms with E-state index in [9.17, 15) is 0 Å². The second-order valence-corrected chi connectivity index (χ2v) is 4.25. The third-order valence-corrected chi connectivity index (χ3v) is 2.77. The van der Waals surface area contributed by atoms with Gasteiger partial charge in [0.05, 0.1) is 6.07 Å². The minimum absolute atomic E-state index is 0.583. The Kier molecular flexibility index (Phi) is 6.82. The van der Waals surface area contributed by atoms with Gasteiger partial charge in [-0.1, -0.05) is 13.8 Å². The number of nitrogens with zero attached hydrogens (tertiary/aromatic N) is 3. The lowest BCUT2D eigenvalue weighted by molar-refractivity contribution is 0.286. The highest BCUT2D eigenvalue weighted by atomic mass is 15.1. The van der Waals surface area contributed by atoms with Gasteiger partial charge in [-0.05, 0) is 30.7 Å². The summed E-state index contributed by atoms with van der Waals surface area (Å²) in [5.41, 5.74) is 1.24. The van der Waals surface area contributed by atoms with Gasteiger partial charge in [0.25, 0.3) is 0 Å². The van der Waals surface area contributed by atoms with Gasteiger partial charge < -0.3 is 5.32 Å². The highest BCUT2D eigenvalue weighted by Gasteiger charge is 2.04. The minimum Gasteiger partial charge on any atom is -0.370 e. The summed E-state index contributed by atoms with van der Waals surface area (Å²) in [5, 5.41) is 11.9. The SMILES string of the molecule is CCCNc1cc(CN(CC)CCC#N)ccn1. The molecule has 1 N–H and O–H groups in total. The molecule has 1 aromatic rings. The van der Waals surface area contributed by atoms with Gasteiger partial charge in [0.15, 0.2) is 0 Å². The zero-order valence-electron chi connectivity index (χ0n) is 11.3. The molecule has 0 spiro atoms. The molecule has 4 nitrogen and oxygen atoms in total. The van der Waals surface area contributed by atoms with Crippen molar-refractivity contribution in [2.75, 3.05) is 25.0 Å². The number of pyridine rings is 1. The summed E-state index contributed by atoms with van der Waals surface area (Å²) in [7, 11) is 0. The summed E-state index contributed by atoms with van der Waals surface area (Å²) in [6.07, 6.45) is 3.51. The standard InChI is InChI=1S/C14H22N4/c1-3-8-16-14-11-13(6-9-17-14)12-18(4-2)10-5-7-15/h6,9,11H,3-5,8,10,12H2,1-2H3,(H,16,17). The van der Waals surface area contributed by atoms with Gasteiger partial charge in [-0.25, -0.2) is 4.98 Å². The fourth-order valence-electron chi connectivity index (χ4n) is 1.74. The third-order valence-electron chi connectivity index (χ3n) is 2.77. The van der Waals surface area contributed by atoms with Gasteiger partial charge in [-0.2, -0.15) is 5.26 Å². The summed E-state index contributed by atoms with van der Waals surface area (Å²) in [6.45, 7) is 7.87. The molecule has 0 atom stereocenters. The number of anilines is 1. The number of hydrogen-bond donors (Lipinski definition) is 1. The summed E-state index contributed by atoms with van der Waals surface area (Å²) in [5.74, 6) is 0.936. The van der Waals surface area contributed by atoms with Crippen LogP contribution in [0, 0.1) is 11.3 Å². The van der Waals surface area contributed by atoms with Crippen LogP contribution in [0.15, 0.2) is 18.3 Å². The quantitative estimate of drug-likeness (QED) is 0.766. The van der Waals surface area contributed by atoms with Crippen LogP contribution in [0.25, 0.3) is 0 Å². The lowest BCUT2D eigenvalue weighted by atomic mass is 10.2. The van der Waals surface area contributed by atoms with Crippen LogP contribution in [-0.4, -0.2) is 29.5 Å². The molecule has 0 aromatic carbocycles. The molecule has 4 heteroatoms. The van der Waals surface area contributed by atoms with E-state index < -0.39 is 0 Å². The van der Waals surface area contributed by atoms with E-state index in [0.717, 1.165) is 38.4 Å². The average Bonchev–Trinajstić information content (AvgIpc) is 2.41. The Hall–Kier alpha value is -1.60. The number of nitrogens with one attached hydrogen (secondary N) is 1. The molecule has 0 amide bonds. The zero-order valence-corrected chi connectivity index (χ0v) is 11.3. The molecule has 98 valence electrons. The molecule has 1 aromatic heterocycles. The van der Waals surface area contributed by atoms with Crippen molar-refractivity contribution in [1.82, 2.24) is 9.88 Å². The van der Waals surface area contributed by atoms with E-state index >= 15 is 0 Å². The maximum absolute atomic E-state index is 8.62. The van der Waals surface area contributed by atoms with Crippen LogP contribution in [0.5, 0.6) is 0 Å². The molecule has 1 rings (SSSR count). The molecule has 0 unspecified atom stereocenters. The summed E-state index contributed by atoms with van der Waals surface area (Å²) in [4.78, 5) is 6.56. The molecule has 0 saturated heterocycles. The van der Waals surface area contributed by atoms with E-state index in [2.05, 4.69) is 41.2 Å². The number of rotatable bonds is 8. The highest BCUT2D eigenvalue weighted by Crippen LogP contribution is 2.10. The van der Waals surface area contributed by atoms with Crippen LogP contribution < -0.4 is 5.32 Å². The largest absolute Gasteiger partial charge is 0.370 e. The maximum atomic E-state index is 8.62. The van der Waals surface area contributed by atoms with Gasteiger partial charge in [0.2, 0.25) is 0 Å². The van der Waals surface area contributed by atoms with Crippen molar-refractivity contribution in [2.45, 2.75) is 33.2 Å². The fourth-order valence-corrected chi connectivity index (χ4v) is 1.74. The lowest BCUT2D eigenvalue weighted by Crippen LogP contribution is -2.23. The predicted molar refractivity (Wildman–Crippen MR) is 74.2 cm³/mol. The highest BCUT2D eigenvalue weighted by molar-refractivity contribution is 5.37. The molecule has 1 heterocycles. The van der Waals surface area contributed by atoms with Crippen molar-refractivity contribution in [2.24, 2.45) is 0 Å². The van der Waals surface area contributed by atoms with Crippen molar-refractivity contribution < 1.29 is 0 Å². The van der Waals surface area contributed by atoms with Crippen molar-refractivity contribution in [3.63, 3.8) is 0 Å². The predicted octanol–water partition coefficient (Wildman–Crippen LogP) is 2.64. The summed E-state index contributed by atoms with van der Waals surface area (Å²) >= 11 is 0. The van der Waals surface area contributed by atoms with Crippen LogP contribution in [0.2, 0.25) is 0 Å². The molecular weight excluding hydrogens is 224 g/mol. The molecule has 0 fully saturated rings. The first-order chi connectivity index (χ1) is 8.80. The Balaban J connectivity index is 2.57. The Morgan fingerprint density at radius 1 is 1.44 bits per heavy atom. The Bertz CT molecular complexity index is 384. The Labute approximate surface area is 110 Å². The van der Waals surface area contributed by atoms with Crippen LogP contribution in [0.4, 0.5) is 5.82 Å². The van der Waals surface area contributed by atoms with E-state index in [1.165, 1.54) is 5.56 Å². The fraction of sp³-hybridized carbons (Fsp3) is 0.571. The maximum Gasteiger partial charge on any atom is 0.126 e. The summed E-state index contributed by atoms with van der Waals surface area (Å²) in [6, 6.07) is 6.31. The van der Waals surface area contributed by atoms with Gasteiger partial charge in [0.1, 0.15) is 5.82 Å². The minimum atomic E-state index is 0.583. The first kappa shape index (κ1) is 14.5. The molecule has 0 saturated carbocycles. The Morgan fingerprint density at radius 2 is 2.28 bits per heavy atom. The van der Waals surface area contributed by atoms with Gasteiger partial charge in [0, 0.05) is 32.3 Å². The molecule has 18 heavy (non-hydrogen) atoms. The van der Waals surface area contributed by atoms with E-state index in [1.807, 2.05) is 12.3 Å². The first-order valence-corrected chi connectivity index (χ1v) is 6.58. The topological polar surface area (TPSA) is 52.0 Å². The lowest BCUT2D eigenvalue weighted by Gasteiger charge is -2.19. The van der Waals surface area contributed by atoms with Crippen LogP contribution in [-0.2, 0) is 6.54 Å². The van der Waals surface area contributed by atoms with Crippen LogP contribution in [0.3, 0.4) is 0 Å². The molecule has 0 radical (unpaired) electrons. The first-order valence-electron chi connectivity index (χ1n) is 6.58. The molecule has 0 aliphatic carbocycles. The van der Waals surface area contributed by atoms with Crippen LogP contribution in [0.1, 0.15) is 32.3 Å². The van der Waals surface area contributed by atoms with Gasteiger partial charge in [-0.3, -0.25) is 4.90 Å². The van der Waals surface area contributed by atoms with Gasteiger partial charge in [-0.15, -0.1) is 0 Å². The molecule has 0 bridgehead atoms. The number of hydrogen-bond acceptors (Lipinski definition) is 4. The third kappa shape index (κ3) is 5.15. The van der Waals surface area contributed by atoms with E-state index in [4.69, 9.17) is 5.26 Å². The smallest absolute Gasteiger partial charge is 0.126 e. The van der Waals surface area contributed by atoms with Crippen molar-refractivity contribution in [3.05, 3.63) is 23.9 Å². The average molecular weight is 246 g/mol. The number of nitriles is 1. The second-order valence-electron chi connectivity index (χ2n) is 4.25. The van der Waals surface area contributed by atoms with Crippen molar-refractivity contribution >= 4 is 5.82 Å². The van der Waals surface area contributed by atoms with Crippen molar-refractivity contribution in [3.8, 4) is 6.07 Å². The zero-order chi connectivity index (χ0) is 13.2. The second kappa shape index (κ2) is 8.48. The van der Waals surface area contributed by atoms with Crippen molar-refractivity contribution in [1.29, 1.82) is 5.26 Å². The van der Waals surface area contributed by atoms with E-state index in [1.54, 1.807) is 0 Å². The monoisotopic (exact) mass is 246 g/mol. The number of aromatic nitrogens is 1. The molecule has 0 aliphatic heterocycles.